The molecule has 0 aromatic carbocycles. The quantitative estimate of drug-likeness (QED) is 0.615. The van der Waals surface area contributed by atoms with Crippen LogP contribution in [0.15, 0.2) is 12.7 Å². The predicted molar refractivity (Wildman–Crippen MR) is 56.1 cm³/mol. The molecule has 1 fully saturated rings. The summed E-state index contributed by atoms with van der Waals surface area (Å²) < 4.78 is 23.3. The van der Waals surface area contributed by atoms with Gasteiger partial charge in [0, 0.05) is 26.2 Å². The zero-order chi connectivity index (χ0) is 11.5. The van der Waals surface area contributed by atoms with Gasteiger partial charge < -0.3 is 4.90 Å². The van der Waals surface area contributed by atoms with Crippen LogP contribution >= 0.6 is 0 Å². The summed E-state index contributed by atoms with van der Waals surface area (Å²) in [5.41, 5.74) is 0. The van der Waals surface area contributed by atoms with E-state index in [0.29, 0.717) is 26.1 Å². The highest BCUT2D eigenvalue weighted by Gasteiger charge is 2.22. The predicted octanol–water partition coefficient (Wildman–Crippen LogP) is -1.09. The zero-order valence-electron chi connectivity index (χ0n) is 8.42. The molecular formula is C8H15N3O3S. The van der Waals surface area contributed by atoms with E-state index in [2.05, 4.69) is 6.58 Å². The number of carbonyl (C=O) groups excluding carboxylic acids is 1. The summed E-state index contributed by atoms with van der Waals surface area (Å²) in [5.74, 6) is -0.175. The fourth-order valence-corrected chi connectivity index (χ4v) is 2.22. The summed E-state index contributed by atoms with van der Waals surface area (Å²) in [6.45, 7) is 4.90. The Bertz CT molecular complexity index is 352. The second-order valence-corrected chi connectivity index (χ2v) is 4.87. The third-order valence-electron chi connectivity index (χ3n) is 2.30. The van der Waals surface area contributed by atoms with Gasteiger partial charge in [0.1, 0.15) is 0 Å². The Balaban J connectivity index is 2.64. The molecule has 15 heavy (non-hydrogen) atoms. The standard InChI is InChI=1S/C8H15N3O3S/c1-2-8(12)10-4-3-5-11(7-6-10)15(9,13)14/h2H,1,3-7H2,(H2,9,13,14). The average molecular weight is 233 g/mol. The number of nitrogens with two attached hydrogens (primary N) is 1. The molecule has 0 aliphatic carbocycles. The Morgan fingerprint density at radius 1 is 1.27 bits per heavy atom. The molecule has 0 saturated carbocycles. The minimum atomic E-state index is -3.64. The smallest absolute Gasteiger partial charge is 0.276 e. The zero-order valence-corrected chi connectivity index (χ0v) is 9.24. The van der Waals surface area contributed by atoms with Crippen molar-refractivity contribution in [2.75, 3.05) is 26.2 Å². The first-order valence-electron chi connectivity index (χ1n) is 4.64. The van der Waals surface area contributed by atoms with E-state index in [4.69, 9.17) is 5.14 Å². The first-order chi connectivity index (χ1) is 6.95. The van der Waals surface area contributed by atoms with Crippen molar-refractivity contribution in [3.05, 3.63) is 12.7 Å². The lowest BCUT2D eigenvalue weighted by Crippen LogP contribution is -2.40. The number of hydrogen-bond acceptors (Lipinski definition) is 3. The van der Waals surface area contributed by atoms with Crippen LogP contribution < -0.4 is 5.14 Å². The van der Waals surface area contributed by atoms with Crippen LogP contribution in [0.5, 0.6) is 0 Å². The van der Waals surface area contributed by atoms with E-state index >= 15 is 0 Å². The van der Waals surface area contributed by atoms with Crippen molar-refractivity contribution in [3.8, 4) is 0 Å². The van der Waals surface area contributed by atoms with Gasteiger partial charge in [-0.1, -0.05) is 6.58 Å². The highest BCUT2D eigenvalue weighted by atomic mass is 32.2. The largest absolute Gasteiger partial charge is 0.338 e. The molecule has 2 N–H and O–H groups in total. The molecule has 0 atom stereocenters. The van der Waals surface area contributed by atoms with E-state index in [-0.39, 0.29) is 12.5 Å². The fraction of sp³-hybridized carbons (Fsp3) is 0.625. The molecule has 0 bridgehead atoms. The molecule has 86 valence electrons. The first-order valence-corrected chi connectivity index (χ1v) is 6.14. The minimum absolute atomic E-state index is 0.175. The van der Waals surface area contributed by atoms with Gasteiger partial charge in [0.25, 0.3) is 10.2 Å². The van der Waals surface area contributed by atoms with Crippen LogP contribution in [0, 0.1) is 0 Å². The number of carbonyl (C=O) groups is 1. The van der Waals surface area contributed by atoms with Crippen molar-refractivity contribution in [3.63, 3.8) is 0 Å². The highest BCUT2D eigenvalue weighted by molar-refractivity contribution is 7.86. The number of amides is 1. The highest BCUT2D eigenvalue weighted by Crippen LogP contribution is 2.05. The third-order valence-corrected chi connectivity index (χ3v) is 3.39. The Morgan fingerprint density at radius 2 is 1.93 bits per heavy atom. The number of hydrogen-bond donors (Lipinski definition) is 1. The average Bonchev–Trinajstić information content (AvgIpc) is 2.40. The van der Waals surface area contributed by atoms with Crippen LogP contribution in [0.1, 0.15) is 6.42 Å². The van der Waals surface area contributed by atoms with Crippen LogP contribution in [0.2, 0.25) is 0 Å². The van der Waals surface area contributed by atoms with Gasteiger partial charge in [0.05, 0.1) is 0 Å². The van der Waals surface area contributed by atoms with Crippen LogP contribution in [0.3, 0.4) is 0 Å². The Morgan fingerprint density at radius 3 is 2.47 bits per heavy atom. The van der Waals surface area contributed by atoms with Crippen molar-refractivity contribution < 1.29 is 13.2 Å². The molecule has 0 spiro atoms. The van der Waals surface area contributed by atoms with Gasteiger partial charge in [-0.25, -0.2) is 5.14 Å². The molecular weight excluding hydrogens is 218 g/mol. The van der Waals surface area contributed by atoms with Gasteiger partial charge >= 0.3 is 0 Å². The second kappa shape index (κ2) is 4.73. The SMILES string of the molecule is C=CC(=O)N1CCCN(S(N)(=O)=O)CC1. The molecule has 1 amide bonds. The molecule has 1 saturated heterocycles. The molecule has 0 aromatic rings. The van der Waals surface area contributed by atoms with Crippen molar-refractivity contribution in [1.29, 1.82) is 0 Å². The molecule has 1 aliphatic heterocycles. The third kappa shape index (κ3) is 3.29. The second-order valence-electron chi connectivity index (χ2n) is 3.33. The van der Waals surface area contributed by atoms with E-state index in [0.717, 1.165) is 0 Å². The maximum Gasteiger partial charge on any atom is 0.276 e. The van der Waals surface area contributed by atoms with Crippen molar-refractivity contribution in [2.24, 2.45) is 5.14 Å². The molecule has 7 heteroatoms. The van der Waals surface area contributed by atoms with Crippen molar-refractivity contribution >= 4 is 16.1 Å². The molecule has 6 nitrogen and oxygen atoms in total. The van der Waals surface area contributed by atoms with E-state index < -0.39 is 10.2 Å². The van der Waals surface area contributed by atoms with Gasteiger partial charge in [-0.3, -0.25) is 4.79 Å². The number of rotatable bonds is 2. The minimum Gasteiger partial charge on any atom is -0.338 e. The van der Waals surface area contributed by atoms with Crippen LogP contribution in [0.25, 0.3) is 0 Å². The lowest BCUT2D eigenvalue weighted by Gasteiger charge is -2.19. The summed E-state index contributed by atoms with van der Waals surface area (Å²) >= 11 is 0. The van der Waals surface area contributed by atoms with Crippen molar-refractivity contribution in [2.45, 2.75) is 6.42 Å². The van der Waals surface area contributed by atoms with Crippen LogP contribution in [-0.2, 0) is 15.0 Å². The van der Waals surface area contributed by atoms with Gasteiger partial charge in [0.2, 0.25) is 5.91 Å². The van der Waals surface area contributed by atoms with Gasteiger partial charge in [-0.2, -0.15) is 12.7 Å². The van der Waals surface area contributed by atoms with Crippen LogP contribution in [0.4, 0.5) is 0 Å². The maximum absolute atomic E-state index is 11.3. The molecule has 1 heterocycles. The Labute approximate surface area is 89.5 Å². The van der Waals surface area contributed by atoms with E-state index in [1.54, 1.807) is 4.90 Å². The van der Waals surface area contributed by atoms with Crippen molar-refractivity contribution in [1.82, 2.24) is 9.21 Å². The van der Waals surface area contributed by atoms with Gasteiger partial charge in [0.15, 0.2) is 0 Å². The summed E-state index contributed by atoms with van der Waals surface area (Å²) in [6, 6.07) is 0. The van der Waals surface area contributed by atoms with Crippen LogP contribution in [-0.4, -0.2) is 49.7 Å². The maximum atomic E-state index is 11.3. The molecule has 1 rings (SSSR count). The monoisotopic (exact) mass is 233 g/mol. The fourth-order valence-electron chi connectivity index (χ4n) is 1.50. The van der Waals surface area contributed by atoms with E-state index in [9.17, 15) is 13.2 Å². The Hall–Kier alpha value is -0.920. The number of nitrogens with zero attached hydrogens (tertiary/aromatic N) is 2. The molecule has 0 unspecified atom stereocenters. The lowest BCUT2D eigenvalue weighted by atomic mass is 10.4. The van der Waals surface area contributed by atoms with Gasteiger partial charge in [-0.05, 0) is 12.5 Å². The summed E-state index contributed by atoms with van der Waals surface area (Å²) in [6.07, 6.45) is 1.82. The van der Waals surface area contributed by atoms with E-state index in [1.165, 1.54) is 10.4 Å². The summed E-state index contributed by atoms with van der Waals surface area (Å²) in [7, 11) is -3.64. The molecule has 0 radical (unpaired) electrons. The lowest BCUT2D eigenvalue weighted by molar-refractivity contribution is -0.125. The summed E-state index contributed by atoms with van der Waals surface area (Å²) in [4.78, 5) is 12.9. The summed E-state index contributed by atoms with van der Waals surface area (Å²) in [5, 5.41) is 5.01. The molecule has 0 aromatic heterocycles. The first kappa shape index (κ1) is 12.2. The normalized spacial score (nSPS) is 19.7. The topological polar surface area (TPSA) is 83.7 Å². The van der Waals surface area contributed by atoms with Gasteiger partial charge in [-0.15, -0.1) is 0 Å². The van der Waals surface area contributed by atoms with E-state index in [1.807, 2.05) is 0 Å². The Kier molecular flexibility index (Phi) is 3.83. The molecule has 1 aliphatic rings.